The molecule has 2 aromatic carbocycles. The van der Waals surface area contributed by atoms with Gasteiger partial charge in [0.25, 0.3) is 5.91 Å². The maximum atomic E-state index is 12.2. The van der Waals surface area contributed by atoms with E-state index in [-0.39, 0.29) is 13.2 Å². The fraction of sp³-hybridized carbons (Fsp3) is 0.200. The van der Waals surface area contributed by atoms with Gasteiger partial charge in [-0.25, -0.2) is 9.97 Å². The van der Waals surface area contributed by atoms with Gasteiger partial charge < -0.3 is 9.30 Å². The Bertz CT molecular complexity index is 1190. The van der Waals surface area contributed by atoms with E-state index in [9.17, 15) is 9.59 Å². The summed E-state index contributed by atoms with van der Waals surface area (Å²) in [5.41, 5.74) is 3.62. The second-order valence-electron chi connectivity index (χ2n) is 6.43. The average molecular weight is 394 g/mol. The SMILES string of the molecule is Cc1ccc2nc(NC(=O)COC(=O)Cn3c(C)nc4ccccc43)sc2c1. The minimum Gasteiger partial charge on any atom is -0.454 e. The topological polar surface area (TPSA) is 86.1 Å². The van der Waals surface area contributed by atoms with Gasteiger partial charge in [-0.15, -0.1) is 0 Å². The van der Waals surface area contributed by atoms with Crippen LogP contribution in [0.4, 0.5) is 5.13 Å². The minimum atomic E-state index is -0.499. The van der Waals surface area contributed by atoms with Crippen molar-refractivity contribution in [1.82, 2.24) is 14.5 Å². The van der Waals surface area contributed by atoms with Crippen molar-refractivity contribution in [2.24, 2.45) is 0 Å². The van der Waals surface area contributed by atoms with Gasteiger partial charge in [0.15, 0.2) is 11.7 Å². The molecule has 2 aromatic heterocycles. The van der Waals surface area contributed by atoms with Crippen LogP contribution >= 0.6 is 11.3 Å². The molecule has 0 aliphatic carbocycles. The van der Waals surface area contributed by atoms with Crippen LogP contribution in [0.3, 0.4) is 0 Å². The number of fused-ring (bicyclic) bond motifs is 2. The van der Waals surface area contributed by atoms with E-state index < -0.39 is 11.9 Å². The minimum absolute atomic E-state index is 0.0000409. The Morgan fingerprint density at radius 3 is 2.79 bits per heavy atom. The Balaban J connectivity index is 1.36. The quantitative estimate of drug-likeness (QED) is 0.524. The van der Waals surface area contributed by atoms with Crippen LogP contribution in [0.25, 0.3) is 21.3 Å². The number of para-hydroxylation sites is 2. The third kappa shape index (κ3) is 3.72. The molecule has 2 heterocycles. The average Bonchev–Trinajstić information content (AvgIpc) is 3.20. The fourth-order valence-corrected chi connectivity index (χ4v) is 3.94. The number of hydrogen-bond acceptors (Lipinski definition) is 6. The molecule has 0 aliphatic heterocycles. The number of ether oxygens (including phenoxy) is 1. The molecule has 4 aromatic rings. The number of amides is 1. The van der Waals surface area contributed by atoms with E-state index in [1.165, 1.54) is 11.3 Å². The lowest BCUT2D eigenvalue weighted by molar-refractivity contribution is -0.147. The highest BCUT2D eigenvalue weighted by atomic mass is 32.1. The summed E-state index contributed by atoms with van der Waals surface area (Å²) >= 11 is 1.39. The summed E-state index contributed by atoms with van der Waals surface area (Å²) in [6, 6.07) is 13.5. The van der Waals surface area contributed by atoms with E-state index in [2.05, 4.69) is 15.3 Å². The van der Waals surface area contributed by atoms with E-state index in [0.29, 0.717) is 11.0 Å². The maximum absolute atomic E-state index is 12.2. The van der Waals surface area contributed by atoms with E-state index in [0.717, 1.165) is 26.8 Å². The zero-order chi connectivity index (χ0) is 19.7. The molecule has 0 unspecified atom stereocenters. The summed E-state index contributed by atoms with van der Waals surface area (Å²) in [7, 11) is 0. The number of thiazole rings is 1. The van der Waals surface area contributed by atoms with E-state index >= 15 is 0 Å². The van der Waals surface area contributed by atoms with Crippen molar-refractivity contribution in [2.75, 3.05) is 11.9 Å². The number of hydrogen-bond donors (Lipinski definition) is 1. The highest BCUT2D eigenvalue weighted by Gasteiger charge is 2.14. The van der Waals surface area contributed by atoms with Crippen molar-refractivity contribution < 1.29 is 14.3 Å². The number of carbonyl (C=O) groups excluding carboxylic acids is 2. The third-order valence-electron chi connectivity index (χ3n) is 4.29. The van der Waals surface area contributed by atoms with E-state index in [1.807, 2.05) is 56.3 Å². The summed E-state index contributed by atoms with van der Waals surface area (Å²) in [5, 5.41) is 3.16. The number of rotatable bonds is 5. The number of nitrogens with one attached hydrogen (secondary N) is 1. The molecule has 8 heteroatoms. The maximum Gasteiger partial charge on any atom is 0.326 e. The molecular formula is C20H18N4O3S. The molecule has 0 saturated heterocycles. The molecule has 0 radical (unpaired) electrons. The second-order valence-corrected chi connectivity index (χ2v) is 7.46. The number of carbonyl (C=O) groups is 2. The summed E-state index contributed by atoms with van der Waals surface area (Å²) < 4.78 is 7.89. The Labute approximate surface area is 165 Å². The number of aromatic nitrogens is 3. The molecule has 1 amide bonds. The van der Waals surface area contributed by atoms with Gasteiger partial charge in [0.05, 0.1) is 21.3 Å². The Morgan fingerprint density at radius 2 is 1.93 bits per heavy atom. The summed E-state index contributed by atoms with van der Waals surface area (Å²) in [5.74, 6) is -0.204. The van der Waals surface area contributed by atoms with Gasteiger partial charge in [0.2, 0.25) is 0 Å². The zero-order valence-electron chi connectivity index (χ0n) is 15.4. The summed E-state index contributed by atoms with van der Waals surface area (Å²) in [6.07, 6.45) is 0. The highest BCUT2D eigenvalue weighted by molar-refractivity contribution is 7.22. The molecule has 0 aliphatic rings. The van der Waals surface area contributed by atoms with Crippen LogP contribution in [0, 0.1) is 13.8 Å². The zero-order valence-corrected chi connectivity index (χ0v) is 16.2. The van der Waals surface area contributed by atoms with Crippen molar-refractivity contribution in [3.05, 3.63) is 53.9 Å². The number of anilines is 1. The van der Waals surface area contributed by atoms with Gasteiger partial charge in [0, 0.05) is 0 Å². The van der Waals surface area contributed by atoms with Crippen molar-refractivity contribution in [3.63, 3.8) is 0 Å². The van der Waals surface area contributed by atoms with Crippen molar-refractivity contribution in [1.29, 1.82) is 0 Å². The molecule has 1 N–H and O–H groups in total. The number of aryl methyl sites for hydroxylation is 2. The van der Waals surface area contributed by atoms with Crippen LogP contribution in [0.5, 0.6) is 0 Å². The van der Waals surface area contributed by atoms with Crippen molar-refractivity contribution >= 4 is 49.6 Å². The predicted molar refractivity (Wildman–Crippen MR) is 108 cm³/mol. The Morgan fingerprint density at radius 1 is 1.11 bits per heavy atom. The Hall–Kier alpha value is -3.26. The number of benzene rings is 2. The molecule has 0 atom stereocenters. The van der Waals surface area contributed by atoms with Gasteiger partial charge in [-0.2, -0.15) is 0 Å². The van der Waals surface area contributed by atoms with Crippen molar-refractivity contribution in [3.8, 4) is 0 Å². The monoisotopic (exact) mass is 394 g/mol. The lowest BCUT2D eigenvalue weighted by atomic mass is 10.2. The molecule has 7 nitrogen and oxygen atoms in total. The lowest BCUT2D eigenvalue weighted by Gasteiger charge is -2.07. The standard InChI is InChI=1S/C20H18N4O3S/c1-12-7-8-15-17(9-12)28-20(22-15)23-18(25)11-27-19(26)10-24-13(2)21-14-5-3-4-6-16(14)24/h3-9H,10-11H2,1-2H3,(H,22,23,25). The Kier molecular flexibility index (Phi) is 4.79. The molecule has 0 bridgehead atoms. The first-order valence-electron chi connectivity index (χ1n) is 8.74. The highest BCUT2D eigenvalue weighted by Crippen LogP contribution is 2.26. The molecule has 4 rings (SSSR count). The molecule has 28 heavy (non-hydrogen) atoms. The van der Waals surface area contributed by atoms with Crippen LogP contribution in [0.1, 0.15) is 11.4 Å². The third-order valence-corrected chi connectivity index (χ3v) is 5.22. The van der Waals surface area contributed by atoms with Gasteiger partial charge in [-0.3, -0.25) is 14.9 Å². The van der Waals surface area contributed by atoms with Gasteiger partial charge in [0.1, 0.15) is 12.4 Å². The molecule has 0 fully saturated rings. The van der Waals surface area contributed by atoms with Crippen molar-refractivity contribution in [2.45, 2.75) is 20.4 Å². The van der Waals surface area contributed by atoms with Crippen LogP contribution in [0.15, 0.2) is 42.5 Å². The van der Waals surface area contributed by atoms with Gasteiger partial charge >= 0.3 is 5.97 Å². The molecule has 0 saturated carbocycles. The smallest absolute Gasteiger partial charge is 0.326 e. The first-order chi connectivity index (χ1) is 13.5. The molecule has 142 valence electrons. The summed E-state index contributed by atoms with van der Waals surface area (Å²) in [4.78, 5) is 33.1. The number of nitrogens with zero attached hydrogens (tertiary/aromatic N) is 3. The van der Waals surface area contributed by atoms with Crippen LogP contribution in [0.2, 0.25) is 0 Å². The lowest BCUT2D eigenvalue weighted by Crippen LogP contribution is -2.23. The first-order valence-corrected chi connectivity index (χ1v) is 9.56. The fourth-order valence-electron chi connectivity index (χ4n) is 2.96. The van der Waals surface area contributed by atoms with Crippen LogP contribution in [-0.4, -0.2) is 33.0 Å². The largest absolute Gasteiger partial charge is 0.454 e. The summed E-state index contributed by atoms with van der Waals surface area (Å²) in [6.45, 7) is 3.47. The first kappa shape index (κ1) is 18.1. The number of esters is 1. The predicted octanol–water partition coefficient (Wildman–Crippen LogP) is 3.44. The second kappa shape index (κ2) is 7.40. The van der Waals surface area contributed by atoms with Crippen LogP contribution in [-0.2, 0) is 20.9 Å². The number of imidazole rings is 1. The molecular weight excluding hydrogens is 376 g/mol. The molecule has 0 spiro atoms. The van der Waals surface area contributed by atoms with Gasteiger partial charge in [-0.1, -0.05) is 29.5 Å². The van der Waals surface area contributed by atoms with Crippen LogP contribution < -0.4 is 5.32 Å². The normalized spacial score (nSPS) is 11.1. The van der Waals surface area contributed by atoms with E-state index in [4.69, 9.17) is 4.74 Å². The van der Waals surface area contributed by atoms with Gasteiger partial charge in [-0.05, 0) is 43.7 Å². The van der Waals surface area contributed by atoms with E-state index in [1.54, 1.807) is 4.57 Å².